The van der Waals surface area contributed by atoms with E-state index in [4.69, 9.17) is 4.74 Å². The second-order valence-corrected chi connectivity index (χ2v) is 7.20. The predicted octanol–water partition coefficient (Wildman–Crippen LogP) is 3.62. The second kappa shape index (κ2) is 6.31. The van der Waals surface area contributed by atoms with Crippen LogP contribution in [0.25, 0.3) is 0 Å². The Bertz CT molecular complexity index is 534. The summed E-state index contributed by atoms with van der Waals surface area (Å²) in [6, 6.07) is 6.30. The molecule has 2 aliphatic carbocycles. The summed E-state index contributed by atoms with van der Waals surface area (Å²) in [6.07, 6.45) is 5.43. The van der Waals surface area contributed by atoms with Gasteiger partial charge in [-0.2, -0.15) is 0 Å². The van der Waals surface area contributed by atoms with Crippen molar-refractivity contribution in [1.82, 2.24) is 5.32 Å². The molecule has 3 heteroatoms. The second-order valence-electron chi connectivity index (χ2n) is 7.20. The normalized spacial score (nSPS) is 27.7. The van der Waals surface area contributed by atoms with Crippen molar-refractivity contribution < 1.29 is 9.53 Å². The first-order valence-corrected chi connectivity index (χ1v) is 8.53. The lowest BCUT2D eigenvalue weighted by molar-refractivity contribution is -0.124. The summed E-state index contributed by atoms with van der Waals surface area (Å²) in [5, 5.41) is 3.15. The van der Waals surface area contributed by atoms with Crippen LogP contribution >= 0.6 is 0 Å². The fourth-order valence-corrected chi connectivity index (χ4v) is 4.47. The number of ether oxygens (including phenoxy) is 1. The average Bonchev–Trinajstić information content (AvgIpc) is 3.09. The molecule has 0 radical (unpaired) electrons. The van der Waals surface area contributed by atoms with Crippen LogP contribution in [0.4, 0.5) is 0 Å². The zero-order valence-corrected chi connectivity index (χ0v) is 13.9. The smallest absolute Gasteiger partial charge is 0.258 e. The maximum Gasteiger partial charge on any atom is 0.258 e. The highest BCUT2D eigenvalue weighted by atomic mass is 16.5. The Morgan fingerprint density at radius 3 is 2.59 bits per heavy atom. The molecule has 1 aromatic rings. The number of rotatable bonds is 5. The number of amides is 1. The molecule has 4 unspecified atom stereocenters. The monoisotopic (exact) mass is 301 g/mol. The van der Waals surface area contributed by atoms with Crippen molar-refractivity contribution in [2.24, 2.45) is 17.8 Å². The third kappa shape index (κ3) is 3.13. The van der Waals surface area contributed by atoms with Gasteiger partial charge < -0.3 is 10.1 Å². The Morgan fingerprint density at radius 2 is 2.00 bits per heavy atom. The van der Waals surface area contributed by atoms with Crippen molar-refractivity contribution in [3.8, 4) is 5.75 Å². The fraction of sp³-hybridized carbons (Fsp3) is 0.632. The van der Waals surface area contributed by atoms with Crippen LogP contribution in [0.1, 0.15) is 43.7 Å². The largest absolute Gasteiger partial charge is 0.483 e. The quantitative estimate of drug-likeness (QED) is 0.902. The van der Waals surface area contributed by atoms with Gasteiger partial charge in [-0.3, -0.25) is 4.79 Å². The van der Waals surface area contributed by atoms with Crippen LogP contribution in [0.15, 0.2) is 18.2 Å². The number of carbonyl (C=O) groups excluding carboxylic acids is 1. The molecule has 2 bridgehead atoms. The van der Waals surface area contributed by atoms with Crippen LogP contribution < -0.4 is 10.1 Å². The van der Waals surface area contributed by atoms with Gasteiger partial charge in [0.15, 0.2) is 6.61 Å². The molecule has 1 amide bonds. The molecule has 0 saturated heterocycles. The van der Waals surface area contributed by atoms with Gasteiger partial charge >= 0.3 is 0 Å². The van der Waals surface area contributed by atoms with Gasteiger partial charge in [0.2, 0.25) is 0 Å². The summed E-state index contributed by atoms with van der Waals surface area (Å²) in [7, 11) is 0. The summed E-state index contributed by atoms with van der Waals surface area (Å²) < 4.78 is 5.74. The van der Waals surface area contributed by atoms with E-state index < -0.39 is 0 Å². The number of fused-ring (bicyclic) bond motifs is 2. The Kier molecular flexibility index (Phi) is 4.42. The minimum atomic E-state index is -0.00192. The minimum Gasteiger partial charge on any atom is -0.483 e. The van der Waals surface area contributed by atoms with Crippen LogP contribution in [-0.2, 0) is 4.79 Å². The highest BCUT2D eigenvalue weighted by molar-refractivity contribution is 5.78. The lowest BCUT2D eigenvalue weighted by Crippen LogP contribution is -2.42. The third-order valence-electron chi connectivity index (χ3n) is 5.58. The molecular weight excluding hydrogens is 274 g/mol. The van der Waals surface area contributed by atoms with Crippen LogP contribution in [0.2, 0.25) is 0 Å². The molecule has 0 aromatic heterocycles. The van der Waals surface area contributed by atoms with E-state index in [0.29, 0.717) is 5.92 Å². The van der Waals surface area contributed by atoms with Gasteiger partial charge in [0.05, 0.1) is 0 Å². The molecule has 4 atom stereocenters. The number of aryl methyl sites for hydroxylation is 2. The van der Waals surface area contributed by atoms with E-state index >= 15 is 0 Å². The first kappa shape index (κ1) is 15.4. The summed E-state index contributed by atoms with van der Waals surface area (Å²) in [6.45, 7) is 6.29. The molecular formula is C19H27NO2. The van der Waals surface area contributed by atoms with E-state index in [2.05, 4.69) is 12.2 Å². The number of para-hydroxylation sites is 1. The molecule has 3 nitrogen and oxygen atoms in total. The van der Waals surface area contributed by atoms with Gasteiger partial charge in [-0.05, 0) is 68.9 Å². The molecule has 0 aliphatic heterocycles. The topological polar surface area (TPSA) is 38.3 Å². The fourth-order valence-electron chi connectivity index (χ4n) is 4.47. The van der Waals surface area contributed by atoms with Gasteiger partial charge in [-0.25, -0.2) is 0 Å². The molecule has 3 rings (SSSR count). The predicted molar refractivity (Wildman–Crippen MR) is 88.0 cm³/mol. The zero-order chi connectivity index (χ0) is 15.7. The van der Waals surface area contributed by atoms with E-state index in [1.54, 1.807) is 0 Å². The van der Waals surface area contributed by atoms with Crippen LogP contribution in [0, 0.1) is 31.6 Å². The molecule has 2 saturated carbocycles. The standard InChI is InChI=1S/C19H27NO2/c1-12-5-4-6-13(2)19(12)22-11-18(21)20-14(3)17-10-15-7-8-16(17)9-15/h4-6,14-17H,7-11H2,1-3H3,(H,20,21). The Labute approximate surface area is 133 Å². The number of hydrogen-bond donors (Lipinski definition) is 1. The molecule has 2 aliphatic rings. The molecule has 2 fully saturated rings. The van der Waals surface area contributed by atoms with E-state index in [9.17, 15) is 4.79 Å². The Morgan fingerprint density at radius 1 is 1.27 bits per heavy atom. The maximum atomic E-state index is 12.2. The zero-order valence-electron chi connectivity index (χ0n) is 13.9. The van der Waals surface area contributed by atoms with Crippen LogP contribution in [-0.4, -0.2) is 18.6 Å². The SMILES string of the molecule is Cc1cccc(C)c1OCC(=O)NC(C)C1CC2CCC1C2. The lowest BCUT2D eigenvalue weighted by atomic mass is 9.84. The van der Waals surface area contributed by atoms with Crippen molar-refractivity contribution in [2.75, 3.05) is 6.61 Å². The van der Waals surface area contributed by atoms with Crippen molar-refractivity contribution in [1.29, 1.82) is 0 Å². The van der Waals surface area contributed by atoms with Crippen LogP contribution in [0.3, 0.4) is 0 Å². The van der Waals surface area contributed by atoms with Crippen LogP contribution in [0.5, 0.6) is 5.75 Å². The molecule has 0 spiro atoms. The number of benzene rings is 1. The Balaban J connectivity index is 1.50. The number of hydrogen-bond acceptors (Lipinski definition) is 2. The van der Waals surface area contributed by atoms with E-state index in [-0.39, 0.29) is 18.6 Å². The molecule has 0 heterocycles. The van der Waals surface area contributed by atoms with Gasteiger partial charge in [-0.15, -0.1) is 0 Å². The lowest BCUT2D eigenvalue weighted by Gasteiger charge is -2.28. The van der Waals surface area contributed by atoms with Gasteiger partial charge in [0, 0.05) is 6.04 Å². The summed E-state index contributed by atoms with van der Waals surface area (Å²) in [4.78, 5) is 12.2. The van der Waals surface area contributed by atoms with E-state index in [1.165, 1.54) is 25.7 Å². The van der Waals surface area contributed by atoms with Gasteiger partial charge in [0.25, 0.3) is 5.91 Å². The van der Waals surface area contributed by atoms with Crippen molar-refractivity contribution in [3.63, 3.8) is 0 Å². The molecule has 1 aromatic carbocycles. The molecule has 1 N–H and O–H groups in total. The van der Waals surface area contributed by atoms with Crippen molar-refractivity contribution in [2.45, 2.75) is 52.5 Å². The van der Waals surface area contributed by atoms with Crippen molar-refractivity contribution in [3.05, 3.63) is 29.3 Å². The van der Waals surface area contributed by atoms with E-state index in [0.717, 1.165) is 28.7 Å². The number of nitrogens with one attached hydrogen (secondary N) is 1. The summed E-state index contributed by atoms with van der Waals surface area (Å²) in [5.74, 6) is 3.26. The molecule has 120 valence electrons. The van der Waals surface area contributed by atoms with E-state index in [1.807, 2.05) is 32.0 Å². The van der Waals surface area contributed by atoms with Crippen molar-refractivity contribution >= 4 is 5.91 Å². The number of carbonyl (C=O) groups is 1. The summed E-state index contributed by atoms with van der Waals surface area (Å²) >= 11 is 0. The first-order chi connectivity index (χ1) is 10.5. The van der Waals surface area contributed by atoms with Gasteiger partial charge in [0.1, 0.15) is 5.75 Å². The molecule has 22 heavy (non-hydrogen) atoms. The average molecular weight is 301 g/mol. The first-order valence-electron chi connectivity index (χ1n) is 8.53. The summed E-state index contributed by atoms with van der Waals surface area (Å²) in [5.41, 5.74) is 2.16. The van der Waals surface area contributed by atoms with Gasteiger partial charge in [-0.1, -0.05) is 24.6 Å². The minimum absolute atomic E-state index is 0.00192. The third-order valence-corrected chi connectivity index (χ3v) is 5.58. The maximum absolute atomic E-state index is 12.2. The highest BCUT2D eigenvalue weighted by Gasteiger charge is 2.42. The Hall–Kier alpha value is -1.51. The highest BCUT2D eigenvalue weighted by Crippen LogP contribution is 2.49.